The zero-order valence-electron chi connectivity index (χ0n) is 12.3. The van der Waals surface area contributed by atoms with E-state index >= 15 is 0 Å². The van der Waals surface area contributed by atoms with Gasteiger partial charge < -0.3 is 15.7 Å². The third-order valence-corrected chi connectivity index (χ3v) is 3.36. The summed E-state index contributed by atoms with van der Waals surface area (Å²) < 4.78 is 26.7. The second kappa shape index (κ2) is 8.56. The van der Waals surface area contributed by atoms with E-state index in [1.165, 1.54) is 12.1 Å². The van der Waals surface area contributed by atoms with Gasteiger partial charge >= 0.3 is 6.03 Å². The van der Waals surface area contributed by atoms with Crippen molar-refractivity contribution in [2.24, 2.45) is 0 Å². The molecule has 4 nitrogen and oxygen atoms in total. The third kappa shape index (κ3) is 5.30. The number of urea groups is 1. The number of rotatable bonds is 7. The van der Waals surface area contributed by atoms with Crippen molar-refractivity contribution in [1.29, 1.82) is 0 Å². The largest absolute Gasteiger partial charge is 0.396 e. The molecular weight excluding hydrogens is 278 g/mol. The van der Waals surface area contributed by atoms with Gasteiger partial charge in [0.05, 0.1) is 6.04 Å². The van der Waals surface area contributed by atoms with Gasteiger partial charge in [-0.1, -0.05) is 19.9 Å². The molecule has 0 spiro atoms. The van der Waals surface area contributed by atoms with E-state index in [1.54, 1.807) is 6.92 Å². The van der Waals surface area contributed by atoms with Crippen molar-refractivity contribution in [2.75, 3.05) is 6.61 Å². The Hall–Kier alpha value is -1.69. The van der Waals surface area contributed by atoms with Gasteiger partial charge in [0, 0.05) is 24.3 Å². The van der Waals surface area contributed by atoms with E-state index in [2.05, 4.69) is 10.6 Å². The first kappa shape index (κ1) is 17.4. The summed E-state index contributed by atoms with van der Waals surface area (Å²) in [4.78, 5) is 11.9. The van der Waals surface area contributed by atoms with Crippen molar-refractivity contribution in [3.63, 3.8) is 0 Å². The summed E-state index contributed by atoms with van der Waals surface area (Å²) in [5.41, 5.74) is 0.254. The van der Waals surface area contributed by atoms with E-state index in [4.69, 9.17) is 5.11 Å². The number of aliphatic hydroxyl groups excluding tert-OH is 1. The van der Waals surface area contributed by atoms with Crippen LogP contribution in [0.2, 0.25) is 0 Å². The average Bonchev–Trinajstić information content (AvgIpc) is 2.44. The number of hydrogen-bond donors (Lipinski definition) is 3. The lowest BCUT2D eigenvalue weighted by Crippen LogP contribution is -2.43. The molecule has 1 aromatic rings. The van der Waals surface area contributed by atoms with Crippen molar-refractivity contribution in [2.45, 2.75) is 45.2 Å². The molecule has 2 amide bonds. The normalized spacial score (nSPS) is 13.6. The van der Waals surface area contributed by atoms with Crippen LogP contribution in [0.5, 0.6) is 0 Å². The molecule has 0 heterocycles. The number of carbonyl (C=O) groups is 1. The van der Waals surface area contributed by atoms with Crippen molar-refractivity contribution >= 4 is 6.03 Å². The van der Waals surface area contributed by atoms with Crippen molar-refractivity contribution in [3.8, 4) is 0 Å². The van der Waals surface area contributed by atoms with E-state index in [9.17, 15) is 13.6 Å². The molecule has 118 valence electrons. The summed E-state index contributed by atoms with van der Waals surface area (Å²) in [6.07, 6.45) is 1.63. The molecule has 2 unspecified atom stereocenters. The molecular formula is C15H22F2N2O2. The molecule has 6 heteroatoms. The van der Waals surface area contributed by atoms with Crippen molar-refractivity contribution in [1.82, 2.24) is 10.6 Å². The number of nitrogens with one attached hydrogen (secondary N) is 2. The fourth-order valence-corrected chi connectivity index (χ4v) is 2.10. The molecule has 2 atom stereocenters. The zero-order valence-corrected chi connectivity index (χ0v) is 12.3. The third-order valence-electron chi connectivity index (χ3n) is 3.36. The minimum atomic E-state index is -0.676. The molecule has 0 aromatic heterocycles. The summed E-state index contributed by atoms with van der Waals surface area (Å²) in [5, 5.41) is 14.3. The van der Waals surface area contributed by atoms with E-state index in [0.717, 1.165) is 6.07 Å². The quantitative estimate of drug-likeness (QED) is 0.725. The summed E-state index contributed by atoms with van der Waals surface area (Å²) >= 11 is 0. The van der Waals surface area contributed by atoms with Crippen molar-refractivity contribution < 1.29 is 18.7 Å². The summed E-state index contributed by atoms with van der Waals surface area (Å²) in [7, 11) is 0. The lowest BCUT2D eigenvalue weighted by atomic mass is 10.0. The van der Waals surface area contributed by atoms with Crippen molar-refractivity contribution in [3.05, 3.63) is 35.4 Å². The Morgan fingerprint density at radius 3 is 2.48 bits per heavy atom. The monoisotopic (exact) mass is 300 g/mol. The van der Waals surface area contributed by atoms with Crippen LogP contribution in [0.1, 0.15) is 44.7 Å². The number of benzene rings is 1. The van der Waals surface area contributed by atoms with Gasteiger partial charge in [-0.3, -0.25) is 0 Å². The molecule has 3 N–H and O–H groups in total. The van der Waals surface area contributed by atoms with Crippen LogP contribution in [-0.4, -0.2) is 23.8 Å². The SMILES string of the molecule is CCC(CCO)NC(=O)NC(CC)c1ccc(F)cc1F. The molecule has 0 saturated carbocycles. The number of hydrogen-bond acceptors (Lipinski definition) is 2. The predicted octanol–water partition coefficient (Wildman–Crippen LogP) is 2.88. The van der Waals surface area contributed by atoms with Gasteiger partial charge in [-0.15, -0.1) is 0 Å². The molecule has 21 heavy (non-hydrogen) atoms. The van der Waals surface area contributed by atoms with Gasteiger partial charge in [0.1, 0.15) is 11.6 Å². The molecule has 0 aliphatic carbocycles. The van der Waals surface area contributed by atoms with Crippen LogP contribution < -0.4 is 10.6 Å². The summed E-state index contributed by atoms with van der Waals surface area (Å²) in [6, 6.07) is 2.22. The molecule has 1 aromatic carbocycles. The van der Waals surface area contributed by atoms with Crippen LogP contribution in [0.25, 0.3) is 0 Å². The first-order valence-electron chi connectivity index (χ1n) is 7.14. The van der Waals surface area contributed by atoms with Crippen LogP contribution >= 0.6 is 0 Å². The standard InChI is InChI=1S/C15H22F2N2O2/c1-3-11(7-8-20)18-15(21)19-14(4-2)12-6-5-10(16)9-13(12)17/h5-6,9,11,14,20H,3-4,7-8H2,1-2H3,(H2,18,19,21). The average molecular weight is 300 g/mol. The number of aliphatic hydroxyl groups is 1. The van der Waals surface area contributed by atoms with Crippen LogP contribution in [0.4, 0.5) is 13.6 Å². The smallest absolute Gasteiger partial charge is 0.315 e. The van der Waals surface area contributed by atoms with E-state index < -0.39 is 23.7 Å². The summed E-state index contributed by atoms with van der Waals surface area (Å²) in [5.74, 6) is -1.32. The molecule has 0 aliphatic rings. The van der Waals surface area contributed by atoms with Crippen LogP contribution in [0.15, 0.2) is 18.2 Å². The Labute approximate surface area is 123 Å². The maximum atomic E-state index is 13.7. The fraction of sp³-hybridized carbons (Fsp3) is 0.533. The molecule has 0 aliphatic heterocycles. The highest BCUT2D eigenvalue weighted by atomic mass is 19.1. The van der Waals surface area contributed by atoms with Gasteiger partial charge in [-0.2, -0.15) is 0 Å². The summed E-state index contributed by atoms with van der Waals surface area (Å²) in [6.45, 7) is 3.69. The Morgan fingerprint density at radius 2 is 1.95 bits per heavy atom. The van der Waals surface area contributed by atoms with E-state index in [-0.39, 0.29) is 18.2 Å². The lowest BCUT2D eigenvalue weighted by Gasteiger charge is -2.21. The van der Waals surface area contributed by atoms with Gasteiger partial charge in [-0.05, 0) is 25.3 Å². The van der Waals surface area contributed by atoms with Gasteiger partial charge in [0.15, 0.2) is 0 Å². The number of carbonyl (C=O) groups excluding carboxylic acids is 1. The van der Waals surface area contributed by atoms with Gasteiger partial charge in [0.25, 0.3) is 0 Å². The topological polar surface area (TPSA) is 61.4 Å². The Balaban J connectivity index is 2.71. The highest BCUT2D eigenvalue weighted by molar-refractivity contribution is 5.74. The maximum Gasteiger partial charge on any atom is 0.315 e. The van der Waals surface area contributed by atoms with Crippen LogP contribution in [-0.2, 0) is 0 Å². The highest BCUT2D eigenvalue weighted by Gasteiger charge is 2.18. The minimum absolute atomic E-state index is 0.0113. The number of amides is 2. The Bertz CT molecular complexity index is 469. The van der Waals surface area contributed by atoms with E-state index in [0.29, 0.717) is 19.3 Å². The van der Waals surface area contributed by atoms with Crippen LogP contribution in [0.3, 0.4) is 0 Å². The van der Waals surface area contributed by atoms with E-state index in [1.807, 2.05) is 6.92 Å². The number of halogens is 2. The van der Waals surface area contributed by atoms with Gasteiger partial charge in [0.2, 0.25) is 0 Å². The minimum Gasteiger partial charge on any atom is -0.396 e. The molecule has 0 saturated heterocycles. The fourth-order valence-electron chi connectivity index (χ4n) is 2.10. The Kier molecular flexibility index (Phi) is 7.08. The molecule has 0 fully saturated rings. The highest BCUT2D eigenvalue weighted by Crippen LogP contribution is 2.20. The maximum absolute atomic E-state index is 13.7. The predicted molar refractivity (Wildman–Crippen MR) is 76.8 cm³/mol. The molecule has 0 radical (unpaired) electrons. The second-order valence-corrected chi connectivity index (χ2v) is 4.86. The van der Waals surface area contributed by atoms with Gasteiger partial charge in [-0.25, -0.2) is 13.6 Å². The second-order valence-electron chi connectivity index (χ2n) is 4.86. The molecule has 1 rings (SSSR count). The molecule has 0 bridgehead atoms. The zero-order chi connectivity index (χ0) is 15.8. The lowest BCUT2D eigenvalue weighted by molar-refractivity contribution is 0.224. The van der Waals surface area contributed by atoms with Crippen LogP contribution in [0, 0.1) is 11.6 Å². The first-order valence-corrected chi connectivity index (χ1v) is 7.14. The first-order chi connectivity index (χ1) is 10.0. The Morgan fingerprint density at radius 1 is 1.24 bits per heavy atom.